The van der Waals surface area contributed by atoms with Gasteiger partial charge in [0.25, 0.3) is 0 Å². The van der Waals surface area contributed by atoms with E-state index in [2.05, 4.69) is 15.6 Å². The van der Waals surface area contributed by atoms with E-state index in [9.17, 15) is 4.79 Å². The largest absolute Gasteiger partial charge is 0.495 e. The predicted molar refractivity (Wildman–Crippen MR) is 72.5 cm³/mol. The zero-order chi connectivity index (χ0) is 13.7. The lowest BCUT2D eigenvalue weighted by atomic mass is 10.3. The van der Waals surface area contributed by atoms with Crippen LogP contribution in [-0.2, 0) is 0 Å². The molecule has 0 unspecified atom stereocenters. The smallest absolute Gasteiger partial charge is 0.325 e. The summed E-state index contributed by atoms with van der Waals surface area (Å²) >= 11 is 1.11. The number of nitrogens with zero attached hydrogens (tertiary/aromatic N) is 2. The molecular weight excluding hydrogens is 264 g/mol. The molecule has 0 radical (unpaired) electrons. The molecule has 0 aliphatic heterocycles. The van der Waals surface area contributed by atoms with Crippen molar-refractivity contribution in [2.75, 3.05) is 17.7 Å². The van der Waals surface area contributed by atoms with E-state index >= 15 is 0 Å². The van der Waals surface area contributed by atoms with Crippen LogP contribution in [0.25, 0.3) is 0 Å². The van der Waals surface area contributed by atoms with Gasteiger partial charge in [-0.2, -0.15) is 5.26 Å². The molecule has 0 aliphatic rings. The number of amides is 2. The molecule has 0 saturated heterocycles. The molecule has 1 heterocycles. The summed E-state index contributed by atoms with van der Waals surface area (Å²) in [5.74, 6) is 0.564. The number of benzene rings is 1. The van der Waals surface area contributed by atoms with E-state index in [1.807, 2.05) is 12.1 Å². The highest BCUT2D eigenvalue weighted by Crippen LogP contribution is 2.23. The van der Waals surface area contributed by atoms with Gasteiger partial charge in [0.15, 0.2) is 5.13 Å². The first kappa shape index (κ1) is 12.9. The first-order valence-corrected chi connectivity index (χ1v) is 6.11. The van der Waals surface area contributed by atoms with Crippen molar-refractivity contribution in [1.29, 1.82) is 5.26 Å². The number of aromatic nitrogens is 1. The lowest BCUT2D eigenvalue weighted by Crippen LogP contribution is -2.19. The van der Waals surface area contributed by atoms with Gasteiger partial charge < -0.3 is 10.1 Å². The molecule has 0 bridgehead atoms. The van der Waals surface area contributed by atoms with Gasteiger partial charge in [-0.3, -0.25) is 5.32 Å². The average molecular weight is 274 g/mol. The zero-order valence-corrected chi connectivity index (χ0v) is 10.8. The molecule has 1 aromatic carbocycles. The fourth-order valence-corrected chi connectivity index (χ4v) is 1.99. The monoisotopic (exact) mass is 274 g/mol. The van der Waals surface area contributed by atoms with Crippen molar-refractivity contribution in [3.63, 3.8) is 0 Å². The molecule has 2 N–H and O–H groups in total. The van der Waals surface area contributed by atoms with Gasteiger partial charge in [0.1, 0.15) is 16.7 Å². The summed E-state index contributed by atoms with van der Waals surface area (Å²) in [5, 5.41) is 14.2. The normalized spacial score (nSPS) is 9.47. The Morgan fingerprint density at radius 2 is 2.21 bits per heavy atom. The van der Waals surface area contributed by atoms with Gasteiger partial charge in [0.2, 0.25) is 0 Å². The number of anilines is 2. The number of nitrogens with one attached hydrogen (secondary N) is 2. The molecule has 0 fully saturated rings. The number of rotatable bonds is 3. The summed E-state index contributed by atoms with van der Waals surface area (Å²) in [6, 6.07) is 8.57. The number of para-hydroxylation sites is 2. The van der Waals surface area contributed by atoms with Crippen molar-refractivity contribution in [2.24, 2.45) is 0 Å². The molecular formula is C12H10N4O2S. The molecule has 0 atom stereocenters. The van der Waals surface area contributed by atoms with Gasteiger partial charge >= 0.3 is 6.03 Å². The zero-order valence-electron chi connectivity index (χ0n) is 10.0. The molecule has 96 valence electrons. The molecule has 2 amide bonds. The first-order chi connectivity index (χ1) is 9.22. The maximum absolute atomic E-state index is 11.8. The Morgan fingerprint density at radius 1 is 1.42 bits per heavy atom. The lowest BCUT2D eigenvalue weighted by molar-refractivity contribution is 0.262. The van der Waals surface area contributed by atoms with Gasteiger partial charge in [0.05, 0.1) is 19.0 Å². The molecule has 6 nitrogen and oxygen atoms in total. The number of hydrogen-bond acceptors (Lipinski definition) is 5. The highest BCUT2D eigenvalue weighted by Gasteiger charge is 2.09. The molecule has 2 aromatic rings. The Kier molecular flexibility index (Phi) is 3.95. The van der Waals surface area contributed by atoms with Gasteiger partial charge in [-0.15, -0.1) is 0 Å². The van der Waals surface area contributed by atoms with Crippen molar-refractivity contribution in [3.8, 4) is 11.8 Å². The molecule has 2 rings (SSSR count). The van der Waals surface area contributed by atoms with Gasteiger partial charge in [0, 0.05) is 0 Å². The third-order valence-corrected chi connectivity index (χ3v) is 3.01. The fraction of sp³-hybridized carbons (Fsp3) is 0.0833. The van der Waals surface area contributed by atoms with Crippen molar-refractivity contribution in [2.45, 2.75) is 0 Å². The van der Waals surface area contributed by atoms with Gasteiger partial charge in [-0.05, 0) is 12.1 Å². The van der Waals surface area contributed by atoms with Crippen molar-refractivity contribution >= 4 is 28.2 Å². The van der Waals surface area contributed by atoms with Crippen LogP contribution in [0.15, 0.2) is 30.5 Å². The van der Waals surface area contributed by atoms with Crippen LogP contribution in [0.5, 0.6) is 5.75 Å². The second-order valence-corrected chi connectivity index (χ2v) is 4.45. The summed E-state index contributed by atoms with van der Waals surface area (Å²) in [7, 11) is 1.53. The van der Waals surface area contributed by atoms with Crippen LogP contribution >= 0.6 is 11.3 Å². The summed E-state index contributed by atoms with van der Waals surface area (Å²) < 4.78 is 5.12. The number of nitriles is 1. The third-order valence-electron chi connectivity index (χ3n) is 2.19. The van der Waals surface area contributed by atoms with Crippen LogP contribution in [0.2, 0.25) is 0 Å². The van der Waals surface area contributed by atoms with Gasteiger partial charge in [-0.1, -0.05) is 23.5 Å². The van der Waals surface area contributed by atoms with Crippen LogP contribution in [0.1, 0.15) is 4.88 Å². The summed E-state index contributed by atoms with van der Waals surface area (Å²) in [5.41, 5.74) is 0.555. The van der Waals surface area contributed by atoms with Crippen LogP contribution in [-0.4, -0.2) is 18.1 Å². The van der Waals surface area contributed by atoms with Crippen molar-refractivity contribution in [1.82, 2.24) is 4.98 Å². The Balaban J connectivity index is 2.03. The molecule has 7 heteroatoms. The van der Waals surface area contributed by atoms with E-state index in [1.54, 1.807) is 18.2 Å². The Morgan fingerprint density at radius 3 is 2.89 bits per heavy atom. The van der Waals surface area contributed by atoms with Crippen LogP contribution < -0.4 is 15.4 Å². The Labute approximate surface area is 113 Å². The number of methoxy groups -OCH3 is 1. The topological polar surface area (TPSA) is 87.0 Å². The predicted octanol–water partition coefficient (Wildman–Crippen LogP) is 2.67. The molecule has 19 heavy (non-hydrogen) atoms. The highest BCUT2D eigenvalue weighted by atomic mass is 32.1. The molecule has 0 aliphatic carbocycles. The maximum Gasteiger partial charge on any atom is 0.325 e. The van der Waals surface area contributed by atoms with Crippen LogP contribution in [0, 0.1) is 11.3 Å². The minimum absolute atomic E-state index is 0.365. The minimum Gasteiger partial charge on any atom is -0.495 e. The van der Waals surface area contributed by atoms with E-state index in [4.69, 9.17) is 10.00 Å². The first-order valence-electron chi connectivity index (χ1n) is 5.30. The Hall–Kier alpha value is -2.59. The summed E-state index contributed by atoms with van der Waals surface area (Å²) in [6.07, 6.45) is 1.41. The quantitative estimate of drug-likeness (QED) is 0.900. The van der Waals surface area contributed by atoms with E-state index < -0.39 is 6.03 Å². The highest BCUT2D eigenvalue weighted by molar-refractivity contribution is 7.16. The third kappa shape index (κ3) is 3.20. The number of carbonyl (C=O) groups excluding carboxylic acids is 1. The fourth-order valence-electron chi connectivity index (χ4n) is 1.38. The minimum atomic E-state index is -0.441. The van der Waals surface area contributed by atoms with E-state index in [-0.39, 0.29) is 0 Å². The van der Waals surface area contributed by atoms with Crippen molar-refractivity contribution in [3.05, 3.63) is 35.3 Å². The second kappa shape index (κ2) is 5.84. The molecule has 0 saturated carbocycles. The number of urea groups is 1. The van der Waals surface area contributed by atoms with E-state index in [0.717, 1.165) is 11.3 Å². The number of thiazole rings is 1. The number of ether oxygens (including phenoxy) is 1. The summed E-state index contributed by atoms with van der Waals surface area (Å²) in [6.45, 7) is 0. The standard InChI is InChI=1S/C12H10N4O2S/c1-18-10-5-3-2-4-9(10)15-11(17)16-12-14-7-8(6-13)19-12/h2-5,7H,1H3,(H2,14,15,16,17). The average Bonchev–Trinajstić information content (AvgIpc) is 2.87. The summed E-state index contributed by atoms with van der Waals surface area (Å²) in [4.78, 5) is 16.1. The Bertz CT molecular complexity index is 633. The van der Waals surface area contributed by atoms with Crippen molar-refractivity contribution < 1.29 is 9.53 Å². The number of carbonyl (C=O) groups is 1. The maximum atomic E-state index is 11.8. The SMILES string of the molecule is COc1ccccc1NC(=O)Nc1ncc(C#N)s1. The van der Waals surface area contributed by atoms with Crippen LogP contribution in [0.3, 0.4) is 0 Å². The van der Waals surface area contributed by atoms with Crippen LogP contribution in [0.4, 0.5) is 15.6 Å². The van der Waals surface area contributed by atoms with E-state index in [1.165, 1.54) is 13.3 Å². The molecule has 0 spiro atoms. The van der Waals surface area contributed by atoms with Gasteiger partial charge in [-0.25, -0.2) is 9.78 Å². The number of hydrogen-bond donors (Lipinski definition) is 2. The van der Waals surface area contributed by atoms with E-state index in [0.29, 0.717) is 21.4 Å². The molecule has 1 aromatic heterocycles. The lowest BCUT2D eigenvalue weighted by Gasteiger charge is -2.09. The second-order valence-electron chi connectivity index (χ2n) is 3.42.